The van der Waals surface area contributed by atoms with Gasteiger partial charge in [-0.1, -0.05) is 47.6 Å². The molecule has 3 nitrogen and oxygen atoms in total. The molecule has 0 saturated heterocycles. The van der Waals surface area contributed by atoms with Gasteiger partial charge < -0.3 is 5.32 Å². The number of nitrogens with one attached hydrogen (secondary N) is 1. The Bertz CT molecular complexity index is 956. The monoisotopic (exact) mass is 370 g/mol. The number of fused-ring (bicyclic) bond motifs is 1. The van der Waals surface area contributed by atoms with Crippen molar-refractivity contribution < 1.29 is 4.79 Å². The topological polar surface area (TPSA) is 42.0 Å². The fourth-order valence-corrected chi connectivity index (χ4v) is 3.55. The summed E-state index contributed by atoms with van der Waals surface area (Å²) in [4.78, 5) is 17.0. The summed E-state index contributed by atoms with van der Waals surface area (Å²) in [6.07, 6.45) is 0. The largest absolute Gasteiger partial charge is 0.325 e. The Labute approximate surface area is 156 Å². The standard InChI is InChI=1S/C20H19ClN2OS/c1-12-7-8-16(10-17(12)21)22-18(24)11-25-20-14(3)9-15-6-4-5-13(2)19(15)23-20/h4-10H,11H2,1-3H3,(H,22,24). The van der Waals surface area contributed by atoms with Crippen LogP contribution in [0.2, 0.25) is 5.02 Å². The number of benzene rings is 2. The molecule has 0 aliphatic rings. The van der Waals surface area contributed by atoms with E-state index >= 15 is 0 Å². The van der Waals surface area contributed by atoms with Gasteiger partial charge in [-0.05, 0) is 55.7 Å². The molecule has 3 aromatic rings. The smallest absolute Gasteiger partial charge is 0.234 e. The van der Waals surface area contributed by atoms with Gasteiger partial charge in [0.1, 0.15) is 5.03 Å². The number of aryl methyl sites for hydroxylation is 3. The molecule has 1 N–H and O–H groups in total. The molecule has 1 amide bonds. The molecular weight excluding hydrogens is 352 g/mol. The summed E-state index contributed by atoms with van der Waals surface area (Å²) in [5.41, 5.74) is 4.90. The number of aromatic nitrogens is 1. The summed E-state index contributed by atoms with van der Waals surface area (Å²) in [7, 11) is 0. The number of thioether (sulfide) groups is 1. The van der Waals surface area contributed by atoms with Crippen LogP contribution in [-0.4, -0.2) is 16.6 Å². The Balaban J connectivity index is 1.71. The summed E-state index contributed by atoms with van der Waals surface area (Å²) < 4.78 is 0. The number of rotatable bonds is 4. The Kier molecular flexibility index (Phi) is 5.30. The van der Waals surface area contributed by atoms with E-state index in [1.165, 1.54) is 11.8 Å². The Hall–Kier alpha value is -2.04. The van der Waals surface area contributed by atoms with Gasteiger partial charge in [0, 0.05) is 16.1 Å². The van der Waals surface area contributed by atoms with E-state index in [4.69, 9.17) is 16.6 Å². The van der Waals surface area contributed by atoms with Gasteiger partial charge in [-0.25, -0.2) is 4.98 Å². The SMILES string of the molecule is Cc1ccc(NC(=O)CSc2nc3c(C)cccc3cc2C)cc1Cl. The lowest BCUT2D eigenvalue weighted by Crippen LogP contribution is -2.14. The summed E-state index contributed by atoms with van der Waals surface area (Å²) >= 11 is 7.54. The minimum Gasteiger partial charge on any atom is -0.325 e. The van der Waals surface area contributed by atoms with Gasteiger partial charge in [0.05, 0.1) is 11.3 Å². The van der Waals surface area contributed by atoms with Crippen molar-refractivity contribution in [1.29, 1.82) is 0 Å². The predicted octanol–water partition coefficient (Wildman–Crippen LogP) is 5.54. The maximum atomic E-state index is 12.2. The molecule has 0 atom stereocenters. The number of amides is 1. The fraction of sp³-hybridized carbons (Fsp3) is 0.200. The third kappa shape index (κ3) is 4.14. The average Bonchev–Trinajstić information content (AvgIpc) is 2.57. The Morgan fingerprint density at radius 1 is 1.08 bits per heavy atom. The zero-order valence-electron chi connectivity index (χ0n) is 14.4. The first-order chi connectivity index (χ1) is 11.9. The van der Waals surface area contributed by atoms with Crippen LogP contribution in [0, 0.1) is 20.8 Å². The molecule has 25 heavy (non-hydrogen) atoms. The highest BCUT2D eigenvalue weighted by Crippen LogP contribution is 2.26. The molecule has 128 valence electrons. The lowest BCUT2D eigenvalue weighted by Gasteiger charge is -2.09. The number of pyridine rings is 1. The van der Waals surface area contributed by atoms with Crippen LogP contribution in [0.1, 0.15) is 16.7 Å². The first-order valence-corrected chi connectivity index (χ1v) is 9.36. The summed E-state index contributed by atoms with van der Waals surface area (Å²) in [5, 5.41) is 5.54. The third-order valence-corrected chi connectivity index (χ3v) is 5.49. The molecule has 0 aliphatic carbocycles. The molecular formula is C20H19ClN2OS. The van der Waals surface area contributed by atoms with Crippen molar-refractivity contribution in [3.8, 4) is 0 Å². The second kappa shape index (κ2) is 7.46. The van der Waals surface area contributed by atoms with Gasteiger partial charge in [-0.3, -0.25) is 4.79 Å². The Morgan fingerprint density at radius 3 is 2.64 bits per heavy atom. The van der Waals surface area contributed by atoms with E-state index in [1.807, 2.05) is 45.0 Å². The van der Waals surface area contributed by atoms with Gasteiger partial charge in [0.25, 0.3) is 0 Å². The first kappa shape index (κ1) is 17.8. The molecule has 1 aromatic heterocycles. The van der Waals surface area contributed by atoms with Crippen LogP contribution < -0.4 is 5.32 Å². The molecule has 0 saturated carbocycles. The minimum atomic E-state index is -0.0731. The van der Waals surface area contributed by atoms with Crippen LogP contribution in [0.3, 0.4) is 0 Å². The van der Waals surface area contributed by atoms with E-state index in [0.717, 1.165) is 32.6 Å². The van der Waals surface area contributed by atoms with Crippen LogP contribution >= 0.6 is 23.4 Å². The Morgan fingerprint density at radius 2 is 1.88 bits per heavy atom. The second-order valence-electron chi connectivity index (χ2n) is 6.06. The molecule has 0 spiro atoms. The summed E-state index contributed by atoms with van der Waals surface area (Å²) in [6, 6.07) is 13.8. The number of anilines is 1. The zero-order valence-corrected chi connectivity index (χ0v) is 16.0. The lowest BCUT2D eigenvalue weighted by molar-refractivity contribution is -0.113. The molecule has 3 rings (SSSR count). The molecule has 5 heteroatoms. The van der Waals surface area contributed by atoms with Gasteiger partial charge in [0.15, 0.2) is 0 Å². The van der Waals surface area contributed by atoms with E-state index in [2.05, 4.69) is 17.4 Å². The third-order valence-electron chi connectivity index (χ3n) is 3.99. The normalized spacial score (nSPS) is 10.9. The van der Waals surface area contributed by atoms with E-state index in [9.17, 15) is 4.79 Å². The van der Waals surface area contributed by atoms with E-state index in [-0.39, 0.29) is 5.91 Å². The molecule has 0 bridgehead atoms. The number of carbonyl (C=O) groups is 1. The second-order valence-corrected chi connectivity index (χ2v) is 7.43. The molecule has 0 aliphatic heterocycles. The number of para-hydroxylation sites is 1. The number of carbonyl (C=O) groups excluding carboxylic acids is 1. The molecule has 0 fully saturated rings. The maximum absolute atomic E-state index is 12.2. The highest BCUT2D eigenvalue weighted by molar-refractivity contribution is 8.00. The van der Waals surface area contributed by atoms with E-state index in [0.29, 0.717) is 16.5 Å². The molecule has 0 radical (unpaired) electrons. The molecule has 1 heterocycles. The van der Waals surface area contributed by atoms with Crippen molar-refractivity contribution in [2.24, 2.45) is 0 Å². The average molecular weight is 371 g/mol. The van der Waals surface area contributed by atoms with Crippen molar-refractivity contribution in [3.05, 3.63) is 64.2 Å². The van der Waals surface area contributed by atoms with Gasteiger partial charge in [-0.2, -0.15) is 0 Å². The summed E-state index contributed by atoms with van der Waals surface area (Å²) in [5.74, 6) is 0.229. The van der Waals surface area contributed by atoms with Crippen molar-refractivity contribution >= 4 is 45.9 Å². The molecule has 0 unspecified atom stereocenters. The number of hydrogen-bond donors (Lipinski definition) is 1. The number of hydrogen-bond acceptors (Lipinski definition) is 3. The maximum Gasteiger partial charge on any atom is 0.234 e. The van der Waals surface area contributed by atoms with Gasteiger partial charge in [0.2, 0.25) is 5.91 Å². The van der Waals surface area contributed by atoms with Crippen molar-refractivity contribution in [1.82, 2.24) is 4.98 Å². The van der Waals surface area contributed by atoms with Crippen molar-refractivity contribution in [2.45, 2.75) is 25.8 Å². The van der Waals surface area contributed by atoms with Crippen molar-refractivity contribution in [2.75, 3.05) is 11.1 Å². The molecule has 2 aromatic carbocycles. The van der Waals surface area contributed by atoms with Gasteiger partial charge in [-0.15, -0.1) is 0 Å². The first-order valence-electron chi connectivity index (χ1n) is 8.00. The zero-order chi connectivity index (χ0) is 18.0. The van der Waals surface area contributed by atoms with Crippen molar-refractivity contribution in [3.63, 3.8) is 0 Å². The minimum absolute atomic E-state index is 0.0731. The van der Waals surface area contributed by atoms with Gasteiger partial charge >= 0.3 is 0 Å². The van der Waals surface area contributed by atoms with E-state index in [1.54, 1.807) is 6.07 Å². The number of halogens is 1. The lowest BCUT2D eigenvalue weighted by atomic mass is 10.1. The van der Waals surface area contributed by atoms with Crippen LogP contribution in [0.4, 0.5) is 5.69 Å². The van der Waals surface area contributed by atoms with Crippen LogP contribution in [0.15, 0.2) is 47.5 Å². The fourth-order valence-electron chi connectivity index (χ4n) is 2.58. The number of nitrogens with zero attached hydrogens (tertiary/aromatic N) is 1. The highest BCUT2D eigenvalue weighted by Gasteiger charge is 2.10. The highest BCUT2D eigenvalue weighted by atomic mass is 35.5. The van der Waals surface area contributed by atoms with Crippen LogP contribution in [0.5, 0.6) is 0 Å². The predicted molar refractivity (Wildman–Crippen MR) is 107 cm³/mol. The van der Waals surface area contributed by atoms with Crippen LogP contribution in [-0.2, 0) is 4.79 Å². The summed E-state index contributed by atoms with van der Waals surface area (Å²) in [6.45, 7) is 6.00. The quantitative estimate of drug-likeness (QED) is 0.612. The van der Waals surface area contributed by atoms with Crippen LogP contribution in [0.25, 0.3) is 10.9 Å². The van der Waals surface area contributed by atoms with E-state index < -0.39 is 0 Å².